The molecule has 1 saturated heterocycles. The minimum Gasteiger partial charge on any atom is -0.349 e. The molecular formula is C7H11N3OS. The highest BCUT2D eigenvalue weighted by atomic mass is 32.2. The average molecular weight is 185 g/mol. The molecule has 1 amide bonds. The van der Waals surface area contributed by atoms with E-state index in [1.807, 2.05) is 0 Å². The van der Waals surface area contributed by atoms with Crippen molar-refractivity contribution < 1.29 is 4.79 Å². The SMILES string of the molecule is O=C1CSC(N2CCNCC2)=N1. The molecule has 4 nitrogen and oxygen atoms in total. The van der Waals surface area contributed by atoms with Crippen molar-refractivity contribution in [1.29, 1.82) is 0 Å². The van der Waals surface area contributed by atoms with Gasteiger partial charge in [-0.1, -0.05) is 11.8 Å². The third-order valence-electron chi connectivity index (χ3n) is 1.93. The summed E-state index contributed by atoms with van der Waals surface area (Å²) in [5.74, 6) is 0.535. The van der Waals surface area contributed by atoms with Crippen LogP contribution in [-0.2, 0) is 4.79 Å². The summed E-state index contributed by atoms with van der Waals surface area (Å²) in [6.45, 7) is 3.93. The molecule has 0 bridgehead atoms. The fourth-order valence-corrected chi connectivity index (χ4v) is 2.16. The fourth-order valence-electron chi connectivity index (χ4n) is 1.32. The molecule has 2 heterocycles. The molecule has 1 N–H and O–H groups in total. The summed E-state index contributed by atoms with van der Waals surface area (Å²) in [6, 6.07) is 0. The van der Waals surface area contributed by atoms with E-state index in [0.29, 0.717) is 5.75 Å². The highest BCUT2D eigenvalue weighted by molar-refractivity contribution is 8.14. The number of hydrogen-bond donors (Lipinski definition) is 1. The van der Waals surface area contributed by atoms with E-state index < -0.39 is 0 Å². The summed E-state index contributed by atoms with van der Waals surface area (Å²) in [5.41, 5.74) is 0. The van der Waals surface area contributed by atoms with Crippen molar-refractivity contribution in [3.8, 4) is 0 Å². The topological polar surface area (TPSA) is 44.7 Å². The quantitative estimate of drug-likeness (QED) is 0.553. The molecule has 0 saturated carbocycles. The Morgan fingerprint density at radius 1 is 1.42 bits per heavy atom. The van der Waals surface area contributed by atoms with Crippen molar-refractivity contribution in [2.75, 3.05) is 31.9 Å². The summed E-state index contributed by atoms with van der Waals surface area (Å²) in [6.07, 6.45) is 0. The third kappa shape index (κ3) is 1.61. The average Bonchev–Trinajstić information content (AvgIpc) is 2.54. The largest absolute Gasteiger partial charge is 0.349 e. The van der Waals surface area contributed by atoms with Crippen LogP contribution in [-0.4, -0.2) is 47.9 Å². The molecular weight excluding hydrogens is 174 g/mol. The second-order valence-electron chi connectivity index (χ2n) is 2.81. The molecule has 5 heteroatoms. The summed E-state index contributed by atoms with van der Waals surface area (Å²) in [5, 5.41) is 4.18. The number of carbonyl (C=O) groups is 1. The Hall–Kier alpha value is -0.550. The number of thioether (sulfide) groups is 1. The summed E-state index contributed by atoms with van der Waals surface area (Å²) < 4.78 is 0. The second kappa shape index (κ2) is 3.45. The maximum atomic E-state index is 10.8. The van der Waals surface area contributed by atoms with Gasteiger partial charge in [0.1, 0.15) is 0 Å². The van der Waals surface area contributed by atoms with Gasteiger partial charge in [-0.25, -0.2) is 0 Å². The molecule has 0 atom stereocenters. The molecule has 0 aliphatic carbocycles. The molecule has 0 spiro atoms. The molecule has 0 aromatic rings. The maximum Gasteiger partial charge on any atom is 0.258 e. The summed E-state index contributed by atoms with van der Waals surface area (Å²) in [4.78, 5) is 17.0. The number of piperazine rings is 1. The lowest BCUT2D eigenvalue weighted by Gasteiger charge is -2.27. The maximum absolute atomic E-state index is 10.8. The first kappa shape index (κ1) is 8.07. The Balaban J connectivity index is 1.99. The highest BCUT2D eigenvalue weighted by Crippen LogP contribution is 2.16. The zero-order valence-electron chi connectivity index (χ0n) is 6.75. The second-order valence-corrected chi connectivity index (χ2v) is 3.76. The highest BCUT2D eigenvalue weighted by Gasteiger charge is 2.21. The van der Waals surface area contributed by atoms with E-state index in [0.717, 1.165) is 31.3 Å². The van der Waals surface area contributed by atoms with Crippen molar-refractivity contribution in [3.63, 3.8) is 0 Å². The Labute approximate surface area is 75.4 Å². The molecule has 1 fully saturated rings. The van der Waals surface area contributed by atoms with Crippen LogP contribution in [0.2, 0.25) is 0 Å². The van der Waals surface area contributed by atoms with Crippen LogP contribution in [0.25, 0.3) is 0 Å². The zero-order chi connectivity index (χ0) is 8.39. The molecule has 2 rings (SSSR count). The number of amidine groups is 1. The zero-order valence-corrected chi connectivity index (χ0v) is 7.56. The number of nitrogens with zero attached hydrogens (tertiary/aromatic N) is 2. The van der Waals surface area contributed by atoms with E-state index in [1.165, 1.54) is 0 Å². The van der Waals surface area contributed by atoms with Crippen molar-refractivity contribution in [3.05, 3.63) is 0 Å². The van der Waals surface area contributed by atoms with Crippen molar-refractivity contribution in [2.45, 2.75) is 0 Å². The fraction of sp³-hybridized carbons (Fsp3) is 0.714. The molecule has 66 valence electrons. The van der Waals surface area contributed by atoms with Crippen molar-refractivity contribution >= 4 is 22.8 Å². The van der Waals surface area contributed by atoms with Gasteiger partial charge in [-0.2, -0.15) is 4.99 Å². The molecule has 2 aliphatic rings. The Morgan fingerprint density at radius 3 is 2.75 bits per heavy atom. The van der Waals surface area contributed by atoms with E-state index >= 15 is 0 Å². The molecule has 2 aliphatic heterocycles. The van der Waals surface area contributed by atoms with E-state index in [4.69, 9.17) is 0 Å². The van der Waals surface area contributed by atoms with Crippen molar-refractivity contribution in [2.24, 2.45) is 4.99 Å². The first-order valence-electron chi connectivity index (χ1n) is 4.06. The van der Waals surface area contributed by atoms with Crippen LogP contribution in [0.5, 0.6) is 0 Å². The van der Waals surface area contributed by atoms with E-state index in [9.17, 15) is 4.79 Å². The summed E-state index contributed by atoms with van der Waals surface area (Å²) in [7, 11) is 0. The van der Waals surface area contributed by atoms with Gasteiger partial charge in [-0.3, -0.25) is 4.79 Å². The number of carbonyl (C=O) groups excluding carboxylic acids is 1. The monoisotopic (exact) mass is 185 g/mol. The first-order valence-corrected chi connectivity index (χ1v) is 5.05. The van der Waals surface area contributed by atoms with Crippen LogP contribution < -0.4 is 5.32 Å². The Morgan fingerprint density at radius 2 is 2.17 bits per heavy atom. The number of aliphatic imine (C=N–C) groups is 1. The lowest BCUT2D eigenvalue weighted by Crippen LogP contribution is -2.45. The lowest BCUT2D eigenvalue weighted by molar-refractivity contribution is -0.115. The van der Waals surface area contributed by atoms with E-state index in [-0.39, 0.29) is 5.91 Å². The van der Waals surface area contributed by atoms with Crippen LogP contribution >= 0.6 is 11.8 Å². The van der Waals surface area contributed by atoms with Gasteiger partial charge in [-0.15, -0.1) is 0 Å². The van der Waals surface area contributed by atoms with Gasteiger partial charge in [0, 0.05) is 26.2 Å². The van der Waals surface area contributed by atoms with Gasteiger partial charge in [0.05, 0.1) is 5.75 Å². The Kier molecular flexibility index (Phi) is 2.32. The lowest BCUT2D eigenvalue weighted by atomic mass is 10.4. The van der Waals surface area contributed by atoms with Gasteiger partial charge < -0.3 is 10.2 Å². The van der Waals surface area contributed by atoms with Gasteiger partial charge in [0.2, 0.25) is 0 Å². The minimum atomic E-state index is 0.00790. The van der Waals surface area contributed by atoms with Crippen LogP contribution in [0, 0.1) is 0 Å². The predicted molar refractivity (Wildman–Crippen MR) is 49.3 cm³/mol. The van der Waals surface area contributed by atoms with Crippen molar-refractivity contribution in [1.82, 2.24) is 10.2 Å². The molecule has 12 heavy (non-hydrogen) atoms. The summed E-state index contributed by atoms with van der Waals surface area (Å²) >= 11 is 1.56. The van der Waals surface area contributed by atoms with E-state index in [1.54, 1.807) is 11.8 Å². The third-order valence-corrected chi connectivity index (χ3v) is 2.93. The van der Waals surface area contributed by atoms with Gasteiger partial charge >= 0.3 is 0 Å². The first-order chi connectivity index (χ1) is 5.86. The predicted octanol–water partition coefficient (Wildman–Crippen LogP) is -0.479. The van der Waals surface area contributed by atoms with E-state index in [2.05, 4.69) is 15.2 Å². The van der Waals surface area contributed by atoms with Crippen LogP contribution in [0.15, 0.2) is 4.99 Å². The van der Waals surface area contributed by atoms with Crippen LogP contribution in [0.1, 0.15) is 0 Å². The minimum absolute atomic E-state index is 0.00790. The van der Waals surface area contributed by atoms with Crippen LogP contribution in [0.3, 0.4) is 0 Å². The number of nitrogens with one attached hydrogen (secondary N) is 1. The van der Waals surface area contributed by atoms with Gasteiger partial charge in [-0.05, 0) is 0 Å². The number of amides is 1. The molecule has 0 aromatic carbocycles. The van der Waals surface area contributed by atoms with Gasteiger partial charge in [0.15, 0.2) is 5.17 Å². The molecule has 0 radical (unpaired) electrons. The molecule has 0 aromatic heterocycles. The number of hydrogen-bond acceptors (Lipinski definition) is 4. The molecule has 0 unspecified atom stereocenters. The number of rotatable bonds is 0. The Bertz CT molecular complexity index is 223. The normalized spacial score (nSPS) is 24.5. The van der Waals surface area contributed by atoms with Crippen LogP contribution in [0.4, 0.5) is 0 Å². The smallest absolute Gasteiger partial charge is 0.258 e. The van der Waals surface area contributed by atoms with Gasteiger partial charge in [0.25, 0.3) is 5.91 Å². The standard InChI is InChI=1S/C7H11N3OS/c11-6-5-12-7(9-6)10-3-1-8-2-4-10/h8H,1-5H2.